The Morgan fingerprint density at radius 2 is 1.89 bits per heavy atom. The number of benzene rings is 2. The Morgan fingerprint density at radius 3 is 2.54 bits per heavy atom. The fourth-order valence-corrected chi connectivity index (χ4v) is 5.00. The van der Waals surface area contributed by atoms with Gasteiger partial charge in [0, 0.05) is 56.6 Å². The Bertz CT molecular complexity index is 1220. The first-order chi connectivity index (χ1) is 17.6. The van der Waals surface area contributed by atoms with Crippen LogP contribution in [0.15, 0.2) is 42.5 Å². The van der Waals surface area contributed by atoms with Gasteiger partial charge < -0.3 is 24.4 Å². The predicted molar refractivity (Wildman–Crippen MR) is 133 cm³/mol. The van der Waals surface area contributed by atoms with Gasteiger partial charge in [-0.25, -0.2) is 0 Å². The molecule has 2 aliphatic heterocycles. The normalized spacial score (nSPS) is 17.7. The molecular formula is C27H29F3N2O5. The SMILES string of the molecule is CCN1C(=O)CCc2c(NC(=O)/C=C3\CC(COC)(COC)Oc4cc(C(F)(F)F)ccc43)cccc21. The van der Waals surface area contributed by atoms with Crippen LogP contribution in [0.4, 0.5) is 24.5 Å². The van der Waals surface area contributed by atoms with E-state index in [0.29, 0.717) is 36.2 Å². The molecule has 0 unspecified atom stereocenters. The van der Waals surface area contributed by atoms with Crippen LogP contribution in [0.25, 0.3) is 5.57 Å². The lowest BCUT2D eigenvalue weighted by molar-refractivity contribution is -0.138. The number of carbonyl (C=O) groups is 2. The van der Waals surface area contributed by atoms with Gasteiger partial charge in [0.2, 0.25) is 11.8 Å². The van der Waals surface area contributed by atoms with Gasteiger partial charge in [-0.1, -0.05) is 12.1 Å². The van der Waals surface area contributed by atoms with E-state index in [-0.39, 0.29) is 31.3 Å². The van der Waals surface area contributed by atoms with Crippen molar-refractivity contribution in [2.24, 2.45) is 0 Å². The van der Waals surface area contributed by atoms with Crippen molar-refractivity contribution in [2.45, 2.75) is 38.0 Å². The fraction of sp³-hybridized carbons (Fsp3) is 0.407. The zero-order chi connectivity index (χ0) is 26.8. The van der Waals surface area contributed by atoms with Crippen molar-refractivity contribution in [3.05, 3.63) is 59.2 Å². The van der Waals surface area contributed by atoms with Crippen LogP contribution in [-0.2, 0) is 31.7 Å². The summed E-state index contributed by atoms with van der Waals surface area (Å²) in [5.74, 6) is -0.409. The number of ether oxygens (including phenoxy) is 3. The van der Waals surface area contributed by atoms with Crippen LogP contribution >= 0.6 is 0 Å². The molecule has 2 aliphatic rings. The van der Waals surface area contributed by atoms with E-state index in [2.05, 4.69) is 5.32 Å². The number of methoxy groups -OCH3 is 2. The van der Waals surface area contributed by atoms with Crippen LogP contribution in [0.2, 0.25) is 0 Å². The summed E-state index contributed by atoms with van der Waals surface area (Å²) in [4.78, 5) is 27.2. The Hall–Kier alpha value is -3.37. The number of carbonyl (C=O) groups excluding carboxylic acids is 2. The van der Waals surface area contributed by atoms with Crippen molar-refractivity contribution < 1.29 is 37.0 Å². The minimum Gasteiger partial charge on any atom is -0.481 e. The van der Waals surface area contributed by atoms with E-state index in [9.17, 15) is 22.8 Å². The summed E-state index contributed by atoms with van der Waals surface area (Å²) in [5, 5.41) is 2.90. The molecule has 2 heterocycles. The zero-order valence-corrected chi connectivity index (χ0v) is 20.9. The molecule has 198 valence electrons. The highest BCUT2D eigenvalue weighted by molar-refractivity contribution is 6.06. The van der Waals surface area contributed by atoms with E-state index >= 15 is 0 Å². The largest absolute Gasteiger partial charge is 0.481 e. The molecule has 2 aromatic rings. The standard InChI is InChI=1S/C27H29F3N2O5/c1-4-32-22-7-5-6-21(20(22)10-11-25(32)34)31-24(33)12-17-14-26(15-35-2,16-36-3)37-23-13-18(27(28,29)30)8-9-19(17)23/h5-9,12-13H,4,10-11,14-16H2,1-3H3,(H,31,33)/b17-12+. The average molecular weight is 519 g/mol. The van der Waals surface area contributed by atoms with Crippen molar-refractivity contribution in [1.29, 1.82) is 0 Å². The minimum atomic E-state index is -4.55. The molecule has 0 aliphatic carbocycles. The Balaban J connectivity index is 1.70. The highest BCUT2D eigenvalue weighted by Gasteiger charge is 2.41. The third kappa shape index (κ3) is 5.50. The van der Waals surface area contributed by atoms with E-state index in [1.807, 2.05) is 13.0 Å². The highest BCUT2D eigenvalue weighted by Crippen LogP contribution is 2.44. The second-order valence-electron chi connectivity index (χ2n) is 9.14. The molecule has 0 fully saturated rings. The van der Waals surface area contributed by atoms with Crippen molar-refractivity contribution >= 4 is 28.8 Å². The molecule has 7 nitrogen and oxygen atoms in total. The van der Waals surface area contributed by atoms with E-state index < -0.39 is 23.2 Å². The summed E-state index contributed by atoms with van der Waals surface area (Å²) >= 11 is 0. The predicted octanol–water partition coefficient (Wildman–Crippen LogP) is 4.84. The van der Waals surface area contributed by atoms with Crippen LogP contribution < -0.4 is 15.0 Å². The molecule has 0 spiro atoms. The maximum absolute atomic E-state index is 13.4. The minimum absolute atomic E-state index is 0.00316. The van der Waals surface area contributed by atoms with Gasteiger partial charge in [-0.05, 0) is 48.7 Å². The number of amides is 2. The molecule has 0 bridgehead atoms. The zero-order valence-electron chi connectivity index (χ0n) is 20.9. The van der Waals surface area contributed by atoms with Gasteiger partial charge in [-0.15, -0.1) is 0 Å². The molecule has 37 heavy (non-hydrogen) atoms. The van der Waals surface area contributed by atoms with Crippen LogP contribution in [-0.4, -0.2) is 51.4 Å². The monoisotopic (exact) mass is 518 g/mol. The van der Waals surface area contributed by atoms with Gasteiger partial charge in [0.1, 0.15) is 5.75 Å². The lowest BCUT2D eigenvalue weighted by Crippen LogP contribution is -2.47. The van der Waals surface area contributed by atoms with Gasteiger partial charge >= 0.3 is 6.18 Å². The highest BCUT2D eigenvalue weighted by atomic mass is 19.4. The molecule has 1 N–H and O–H groups in total. The first-order valence-electron chi connectivity index (χ1n) is 11.9. The van der Waals surface area contributed by atoms with Crippen molar-refractivity contribution in [3.8, 4) is 5.75 Å². The quantitative estimate of drug-likeness (QED) is 0.531. The van der Waals surface area contributed by atoms with Gasteiger partial charge in [0.05, 0.1) is 18.8 Å². The Morgan fingerprint density at radius 1 is 1.16 bits per heavy atom. The molecule has 4 rings (SSSR count). The Labute approximate surface area is 213 Å². The third-order valence-corrected chi connectivity index (χ3v) is 6.52. The van der Waals surface area contributed by atoms with E-state index in [0.717, 1.165) is 23.4 Å². The first-order valence-corrected chi connectivity index (χ1v) is 11.9. The number of alkyl halides is 3. The van der Waals surface area contributed by atoms with Crippen molar-refractivity contribution in [2.75, 3.05) is 44.2 Å². The molecule has 0 saturated carbocycles. The second kappa shape index (κ2) is 10.5. The number of fused-ring (bicyclic) bond motifs is 2. The van der Waals surface area contributed by atoms with Gasteiger partial charge in [-0.2, -0.15) is 13.2 Å². The average Bonchev–Trinajstić information content (AvgIpc) is 2.83. The lowest BCUT2D eigenvalue weighted by Gasteiger charge is -2.39. The number of nitrogens with one attached hydrogen (secondary N) is 1. The molecule has 0 radical (unpaired) electrons. The number of halogens is 3. The Kier molecular flexibility index (Phi) is 7.61. The second-order valence-corrected chi connectivity index (χ2v) is 9.14. The molecule has 0 atom stereocenters. The summed E-state index contributed by atoms with van der Waals surface area (Å²) in [6, 6.07) is 8.61. The third-order valence-electron chi connectivity index (χ3n) is 6.52. The molecule has 0 saturated heterocycles. The van der Waals surface area contributed by atoms with Gasteiger partial charge in [0.15, 0.2) is 5.60 Å². The number of nitrogens with zero attached hydrogens (tertiary/aromatic N) is 1. The molecule has 10 heteroatoms. The number of rotatable bonds is 7. The molecule has 2 amide bonds. The smallest absolute Gasteiger partial charge is 0.416 e. The summed E-state index contributed by atoms with van der Waals surface area (Å²) in [6.07, 6.45) is -2.15. The van der Waals surface area contributed by atoms with Crippen LogP contribution in [0.5, 0.6) is 5.75 Å². The fourth-order valence-electron chi connectivity index (χ4n) is 5.00. The molecule has 0 aromatic heterocycles. The molecule has 2 aromatic carbocycles. The lowest BCUT2D eigenvalue weighted by atomic mass is 9.86. The van der Waals surface area contributed by atoms with Crippen molar-refractivity contribution in [3.63, 3.8) is 0 Å². The number of anilines is 2. The number of hydrogen-bond donors (Lipinski definition) is 1. The first kappa shape index (κ1) is 26.7. The van der Waals surface area contributed by atoms with E-state index in [1.54, 1.807) is 17.0 Å². The van der Waals surface area contributed by atoms with E-state index in [4.69, 9.17) is 14.2 Å². The summed E-state index contributed by atoms with van der Waals surface area (Å²) in [7, 11) is 2.92. The summed E-state index contributed by atoms with van der Waals surface area (Å²) < 4.78 is 56.8. The van der Waals surface area contributed by atoms with Gasteiger partial charge in [0.25, 0.3) is 0 Å². The summed E-state index contributed by atoms with van der Waals surface area (Å²) in [6.45, 7) is 2.50. The van der Waals surface area contributed by atoms with E-state index in [1.165, 1.54) is 26.4 Å². The molecular weight excluding hydrogens is 489 g/mol. The topological polar surface area (TPSA) is 77.1 Å². The number of hydrogen-bond acceptors (Lipinski definition) is 5. The van der Waals surface area contributed by atoms with Crippen LogP contribution in [0.1, 0.15) is 36.5 Å². The van der Waals surface area contributed by atoms with Crippen molar-refractivity contribution in [1.82, 2.24) is 0 Å². The van der Waals surface area contributed by atoms with Crippen LogP contribution in [0.3, 0.4) is 0 Å². The summed E-state index contributed by atoms with van der Waals surface area (Å²) in [5.41, 5.74) is 1.14. The van der Waals surface area contributed by atoms with Gasteiger partial charge in [-0.3, -0.25) is 9.59 Å². The van der Waals surface area contributed by atoms with Crippen LogP contribution in [0, 0.1) is 0 Å². The maximum atomic E-state index is 13.4. The maximum Gasteiger partial charge on any atom is 0.416 e.